The Balaban J connectivity index is 1.12. The number of hydrogen-bond acceptors (Lipinski definition) is 4. The lowest BCUT2D eigenvalue weighted by molar-refractivity contribution is 0.672. The lowest BCUT2D eigenvalue weighted by Gasteiger charge is -2.14. The van der Waals surface area contributed by atoms with Gasteiger partial charge in [0.2, 0.25) is 0 Å². The summed E-state index contributed by atoms with van der Waals surface area (Å²) in [6, 6.07) is 68.5. The molecule has 0 atom stereocenters. The molecule has 10 aromatic carbocycles. The second-order valence-electron chi connectivity index (χ2n) is 15.5. The highest BCUT2D eigenvalue weighted by molar-refractivity contribution is 6.22. The molecule has 3 heterocycles. The third-order valence-corrected chi connectivity index (χ3v) is 12.2. The topological polar surface area (TPSA) is 56.7 Å². The molecule has 0 aliphatic rings. The molecule has 0 saturated carbocycles. The molecular formula is C55H32N4O. The van der Waals surface area contributed by atoms with E-state index >= 15 is 0 Å². The third-order valence-electron chi connectivity index (χ3n) is 12.2. The van der Waals surface area contributed by atoms with Crippen molar-refractivity contribution in [3.05, 3.63) is 194 Å². The van der Waals surface area contributed by atoms with Crippen LogP contribution in [0.4, 0.5) is 0 Å². The predicted molar refractivity (Wildman–Crippen MR) is 248 cm³/mol. The fourth-order valence-electron chi connectivity index (χ4n) is 9.49. The van der Waals surface area contributed by atoms with Gasteiger partial charge in [-0.15, -0.1) is 0 Å². The first kappa shape index (κ1) is 32.9. The van der Waals surface area contributed by atoms with Gasteiger partial charge < -0.3 is 8.98 Å². The average molecular weight is 765 g/mol. The van der Waals surface area contributed by atoms with Gasteiger partial charge in [0.15, 0.2) is 17.5 Å². The zero-order valence-electron chi connectivity index (χ0n) is 32.2. The normalized spacial score (nSPS) is 12.0. The Hall–Kier alpha value is -8.15. The van der Waals surface area contributed by atoms with Gasteiger partial charge in [-0.3, -0.25) is 0 Å². The number of rotatable bonds is 4. The van der Waals surface area contributed by atoms with E-state index in [4.69, 9.17) is 19.4 Å². The maximum atomic E-state index is 6.89. The number of aromatic nitrogens is 4. The first-order valence-electron chi connectivity index (χ1n) is 20.3. The summed E-state index contributed by atoms with van der Waals surface area (Å²) in [6.07, 6.45) is 0. The lowest BCUT2D eigenvalue weighted by Crippen LogP contribution is -2.01. The molecule has 0 aliphatic heterocycles. The molecule has 0 spiro atoms. The maximum Gasteiger partial charge on any atom is 0.164 e. The Kier molecular flexibility index (Phi) is 6.95. The Labute approximate surface area is 343 Å². The number of para-hydroxylation sites is 1. The first-order chi connectivity index (χ1) is 29.7. The van der Waals surface area contributed by atoms with Crippen molar-refractivity contribution in [2.24, 2.45) is 0 Å². The van der Waals surface area contributed by atoms with Crippen LogP contribution in [-0.2, 0) is 0 Å². The Morgan fingerprint density at radius 2 is 0.967 bits per heavy atom. The highest BCUT2D eigenvalue weighted by Gasteiger charge is 2.23. The van der Waals surface area contributed by atoms with Gasteiger partial charge in [0.05, 0.1) is 16.7 Å². The molecule has 0 aliphatic carbocycles. The summed E-state index contributed by atoms with van der Waals surface area (Å²) in [5.41, 5.74) is 7.76. The summed E-state index contributed by atoms with van der Waals surface area (Å²) in [4.78, 5) is 15.8. The summed E-state index contributed by atoms with van der Waals surface area (Å²) in [5.74, 6) is 1.82. The van der Waals surface area contributed by atoms with Gasteiger partial charge in [-0.25, -0.2) is 15.0 Å². The molecule has 5 heteroatoms. The highest BCUT2D eigenvalue weighted by atomic mass is 16.3. The van der Waals surface area contributed by atoms with Gasteiger partial charge in [-0.1, -0.05) is 158 Å². The highest BCUT2D eigenvalue weighted by Crippen LogP contribution is 2.44. The number of nitrogens with zero attached hydrogens (tertiary/aromatic N) is 4. The second kappa shape index (κ2) is 12.7. The molecular weight excluding hydrogens is 733 g/mol. The minimum Gasteiger partial charge on any atom is -0.455 e. The molecule has 0 saturated heterocycles. The van der Waals surface area contributed by atoms with Crippen LogP contribution in [0.15, 0.2) is 199 Å². The van der Waals surface area contributed by atoms with Gasteiger partial charge in [0.25, 0.3) is 0 Å². The van der Waals surface area contributed by atoms with Crippen LogP contribution in [-0.4, -0.2) is 19.5 Å². The summed E-state index contributed by atoms with van der Waals surface area (Å²) in [6.45, 7) is 0. The molecule has 13 rings (SSSR count). The number of furan rings is 1. The average Bonchev–Trinajstić information content (AvgIpc) is 3.86. The van der Waals surface area contributed by atoms with Crippen molar-refractivity contribution in [1.29, 1.82) is 0 Å². The molecule has 278 valence electrons. The Bertz CT molecular complexity index is 3900. The molecule has 5 nitrogen and oxygen atoms in total. The summed E-state index contributed by atoms with van der Waals surface area (Å²) >= 11 is 0. The molecule has 0 bridgehead atoms. The minimum atomic E-state index is 0.586. The van der Waals surface area contributed by atoms with Crippen molar-refractivity contribution in [2.75, 3.05) is 0 Å². The standard InChI is InChI=1S/C55H32N4O/c1-2-15-33(16-3-1)53-56-54(58-55(57-53)45-30-36-19-6-7-20-37(36)38-21-8-9-22-39(38)45)43-26-14-28-50-51(43)46-32-49(40-23-10-11-25-42(40)52(46)60-50)59-47-27-13-12-24-41(47)44-29-34-17-4-5-18-35(34)31-48(44)59/h1-32H. The van der Waals surface area contributed by atoms with Gasteiger partial charge in [0.1, 0.15) is 11.2 Å². The van der Waals surface area contributed by atoms with Crippen molar-refractivity contribution in [3.8, 4) is 39.9 Å². The van der Waals surface area contributed by atoms with Crippen molar-refractivity contribution in [1.82, 2.24) is 19.5 Å². The van der Waals surface area contributed by atoms with Crippen LogP contribution >= 0.6 is 0 Å². The zero-order valence-corrected chi connectivity index (χ0v) is 32.2. The minimum absolute atomic E-state index is 0.586. The molecule has 0 N–H and O–H groups in total. The van der Waals surface area contributed by atoms with E-state index in [1.165, 1.54) is 26.9 Å². The van der Waals surface area contributed by atoms with Gasteiger partial charge in [0, 0.05) is 49.0 Å². The van der Waals surface area contributed by atoms with Crippen molar-refractivity contribution < 1.29 is 4.42 Å². The van der Waals surface area contributed by atoms with Crippen LogP contribution in [0.2, 0.25) is 0 Å². The first-order valence-corrected chi connectivity index (χ1v) is 20.3. The van der Waals surface area contributed by atoms with E-state index in [9.17, 15) is 0 Å². The predicted octanol–water partition coefficient (Wildman–Crippen LogP) is 14.5. The van der Waals surface area contributed by atoms with Crippen LogP contribution in [0.5, 0.6) is 0 Å². The van der Waals surface area contributed by atoms with E-state index in [0.717, 1.165) is 82.3 Å². The number of benzene rings is 10. The Morgan fingerprint density at radius 1 is 0.350 bits per heavy atom. The fraction of sp³-hybridized carbons (Fsp3) is 0. The monoisotopic (exact) mass is 764 g/mol. The van der Waals surface area contributed by atoms with E-state index in [-0.39, 0.29) is 0 Å². The van der Waals surface area contributed by atoms with E-state index < -0.39 is 0 Å². The van der Waals surface area contributed by atoms with E-state index in [1.807, 2.05) is 24.3 Å². The van der Waals surface area contributed by atoms with Gasteiger partial charge >= 0.3 is 0 Å². The lowest BCUT2D eigenvalue weighted by atomic mass is 9.96. The molecule has 0 fully saturated rings. The molecule has 3 aromatic heterocycles. The molecule has 60 heavy (non-hydrogen) atoms. The number of hydrogen-bond donors (Lipinski definition) is 0. The van der Waals surface area contributed by atoms with Crippen LogP contribution in [0.3, 0.4) is 0 Å². The molecule has 13 aromatic rings. The van der Waals surface area contributed by atoms with Gasteiger partial charge in [-0.2, -0.15) is 0 Å². The smallest absolute Gasteiger partial charge is 0.164 e. The van der Waals surface area contributed by atoms with E-state index in [1.54, 1.807) is 0 Å². The quantitative estimate of drug-likeness (QED) is 0.167. The van der Waals surface area contributed by atoms with Crippen LogP contribution in [0, 0.1) is 0 Å². The summed E-state index contributed by atoms with van der Waals surface area (Å²) in [5, 5.41) is 13.6. The largest absolute Gasteiger partial charge is 0.455 e. The second-order valence-corrected chi connectivity index (χ2v) is 15.5. The maximum absolute atomic E-state index is 6.89. The fourth-order valence-corrected chi connectivity index (χ4v) is 9.49. The number of fused-ring (bicyclic) bond motifs is 12. The van der Waals surface area contributed by atoms with E-state index in [0.29, 0.717) is 17.5 Å². The molecule has 0 radical (unpaired) electrons. The summed E-state index contributed by atoms with van der Waals surface area (Å²) < 4.78 is 9.32. The third kappa shape index (κ3) is 4.84. The van der Waals surface area contributed by atoms with Crippen molar-refractivity contribution >= 4 is 86.8 Å². The van der Waals surface area contributed by atoms with Crippen LogP contribution < -0.4 is 0 Å². The SMILES string of the molecule is c1ccc(-c2nc(-c3cc4ccccc4c4ccccc34)nc(-c3cccc4oc5c6ccccc6c(-n6c7ccccc7c7cc8ccccc8cc76)cc5c34)n2)cc1. The Morgan fingerprint density at radius 3 is 1.78 bits per heavy atom. The molecule has 0 amide bonds. The summed E-state index contributed by atoms with van der Waals surface area (Å²) in [7, 11) is 0. The zero-order chi connectivity index (χ0) is 39.3. The molecule has 0 unspecified atom stereocenters. The van der Waals surface area contributed by atoms with Gasteiger partial charge in [-0.05, 0) is 68.7 Å². The van der Waals surface area contributed by atoms with Crippen molar-refractivity contribution in [2.45, 2.75) is 0 Å². The van der Waals surface area contributed by atoms with Crippen molar-refractivity contribution in [3.63, 3.8) is 0 Å². The van der Waals surface area contributed by atoms with Crippen LogP contribution in [0.25, 0.3) is 127 Å². The van der Waals surface area contributed by atoms with E-state index in [2.05, 4.69) is 174 Å². The van der Waals surface area contributed by atoms with Crippen LogP contribution in [0.1, 0.15) is 0 Å².